The third kappa shape index (κ3) is 2.97. The van der Waals surface area contributed by atoms with E-state index in [1.807, 2.05) is 11.4 Å². The van der Waals surface area contributed by atoms with Gasteiger partial charge in [0.05, 0.1) is 7.11 Å². The predicted octanol–water partition coefficient (Wildman–Crippen LogP) is 4.08. The molecule has 0 atom stereocenters. The summed E-state index contributed by atoms with van der Waals surface area (Å²) < 4.78 is 19.0. The van der Waals surface area contributed by atoms with Gasteiger partial charge in [-0.15, -0.1) is 11.3 Å². The molecule has 0 amide bonds. The Balaban J connectivity index is 2.18. The van der Waals surface area contributed by atoms with Gasteiger partial charge in [-0.25, -0.2) is 4.39 Å². The number of ether oxygens (including phenoxy) is 1. The minimum atomic E-state index is -0.465. The summed E-state index contributed by atoms with van der Waals surface area (Å²) in [7, 11) is 1.38. The molecule has 0 aliphatic heterocycles. The minimum Gasteiger partial charge on any atom is -0.494 e. The lowest BCUT2D eigenvalue weighted by molar-refractivity contribution is 0.0993. The molecule has 0 aliphatic carbocycles. The van der Waals surface area contributed by atoms with E-state index in [0.717, 1.165) is 9.35 Å². The van der Waals surface area contributed by atoms with Gasteiger partial charge in [0.1, 0.15) is 0 Å². The molecule has 1 heterocycles. The van der Waals surface area contributed by atoms with Crippen molar-refractivity contribution in [1.29, 1.82) is 0 Å². The Kier molecular flexibility index (Phi) is 4.14. The van der Waals surface area contributed by atoms with Crippen LogP contribution in [0.4, 0.5) is 4.39 Å². The number of ketones is 1. The topological polar surface area (TPSA) is 26.3 Å². The number of rotatable bonds is 4. The molecule has 5 heteroatoms. The Hall–Kier alpha value is -1.20. The van der Waals surface area contributed by atoms with Crippen LogP contribution in [0, 0.1) is 5.82 Å². The second-order valence-corrected chi connectivity index (χ2v) is 5.59. The highest BCUT2D eigenvalue weighted by molar-refractivity contribution is 9.10. The summed E-state index contributed by atoms with van der Waals surface area (Å²) in [6.45, 7) is 0. The van der Waals surface area contributed by atoms with Crippen LogP contribution in [0.1, 0.15) is 15.2 Å². The molecule has 1 aromatic heterocycles. The molecule has 0 saturated heterocycles. The number of halogens is 2. The van der Waals surface area contributed by atoms with Gasteiger partial charge in [-0.05, 0) is 40.2 Å². The normalized spacial score (nSPS) is 10.4. The second kappa shape index (κ2) is 5.63. The first-order valence-corrected chi connectivity index (χ1v) is 6.87. The van der Waals surface area contributed by atoms with E-state index in [-0.39, 0.29) is 11.5 Å². The zero-order chi connectivity index (χ0) is 13.1. The summed E-state index contributed by atoms with van der Waals surface area (Å²) in [5.74, 6) is -0.427. The summed E-state index contributed by atoms with van der Waals surface area (Å²) >= 11 is 4.85. The Bertz CT molecular complexity index is 580. The van der Waals surface area contributed by atoms with Gasteiger partial charge in [0.2, 0.25) is 0 Å². The van der Waals surface area contributed by atoms with Crippen LogP contribution in [-0.2, 0) is 6.42 Å². The Labute approximate surface area is 117 Å². The standard InChI is InChI=1S/C13H10BrFO2S/c1-17-13-4-8(2-3-11(13)15)12(16)6-10-5-9(14)7-18-10/h2-5,7H,6H2,1H3. The summed E-state index contributed by atoms with van der Waals surface area (Å²) in [5.41, 5.74) is 0.456. The molecule has 0 bridgehead atoms. The van der Waals surface area contributed by atoms with Crippen molar-refractivity contribution in [2.75, 3.05) is 7.11 Å². The van der Waals surface area contributed by atoms with Crippen LogP contribution in [0.15, 0.2) is 34.1 Å². The van der Waals surface area contributed by atoms with Crippen LogP contribution in [-0.4, -0.2) is 12.9 Å². The number of hydrogen-bond acceptors (Lipinski definition) is 3. The lowest BCUT2D eigenvalue weighted by Crippen LogP contribution is -2.03. The fraction of sp³-hybridized carbons (Fsp3) is 0.154. The highest BCUT2D eigenvalue weighted by Gasteiger charge is 2.12. The van der Waals surface area contributed by atoms with Gasteiger partial charge >= 0.3 is 0 Å². The maximum absolute atomic E-state index is 13.2. The van der Waals surface area contributed by atoms with E-state index >= 15 is 0 Å². The van der Waals surface area contributed by atoms with Gasteiger partial charge in [-0.3, -0.25) is 4.79 Å². The Morgan fingerprint density at radius 2 is 2.22 bits per heavy atom. The van der Waals surface area contributed by atoms with Crippen molar-refractivity contribution >= 4 is 33.0 Å². The summed E-state index contributed by atoms with van der Waals surface area (Å²) in [4.78, 5) is 13.0. The highest BCUT2D eigenvalue weighted by atomic mass is 79.9. The maximum atomic E-state index is 13.2. The van der Waals surface area contributed by atoms with Crippen molar-refractivity contribution < 1.29 is 13.9 Å². The zero-order valence-electron chi connectivity index (χ0n) is 9.57. The van der Waals surface area contributed by atoms with E-state index in [1.165, 1.54) is 36.6 Å². The van der Waals surface area contributed by atoms with Gasteiger partial charge in [0.25, 0.3) is 0 Å². The number of carbonyl (C=O) groups excluding carboxylic acids is 1. The van der Waals surface area contributed by atoms with E-state index in [1.54, 1.807) is 0 Å². The Morgan fingerprint density at radius 1 is 1.44 bits per heavy atom. The van der Waals surface area contributed by atoms with Crippen molar-refractivity contribution in [3.05, 3.63) is 50.4 Å². The lowest BCUT2D eigenvalue weighted by atomic mass is 10.1. The maximum Gasteiger partial charge on any atom is 0.168 e. The molecule has 18 heavy (non-hydrogen) atoms. The van der Waals surface area contributed by atoms with Crippen molar-refractivity contribution in [3.63, 3.8) is 0 Å². The molecule has 0 fully saturated rings. The summed E-state index contributed by atoms with van der Waals surface area (Å²) in [6, 6.07) is 6.06. The smallest absolute Gasteiger partial charge is 0.168 e. The number of methoxy groups -OCH3 is 1. The van der Waals surface area contributed by atoms with E-state index in [2.05, 4.69) is 15.9 Å². The summed E-state index contributed by atoms with van der Waals surface area (Å²) in [6.07, 6.45) is 0.311. The highest BCUT2D eigenvalue weighted by Crippen LogP contribution is 2.23. The first-order chi connectivity index (χ1) is 8.60. The third-order valence-corrected chi connectivity index (χ3v) is 4.13. The lowest BCUT2D eigenvalue weighted by Gasteiger charge is -2.04. The van der Waals surface area contributed by atoms with E-state index < -0.39 is 5.82 Å². The number of carbonyl (C=O) groups is 1. The van der Waals surface area contributed by atoms with E-state index in [4.69, 9.17) is 4.74 Å². The number of Topliss-reactive ketones (excluding diaryl/α,β-unsaturated/α-hetero) is 1. The monoisotopic (exact) mass is 328 g/mol. The molecule has 1 aromatic carbocycles. The third-order valence-electron chi connectivity index (χ3n) is 2.43. The average Bonchev–Trinajstić information content (AvgIpc) is 2.75. The molecule has 0 radical (unpaired) electrons. The summed E-state index contributed by atoms with van der Waals surface area (Å²) in [5, 5.41) is 1.92. The molecule has 2 nitrogen and oxygen atoms in total. The fourth-order valence-corrected chi connectivity index (χ4v) is 2.99. The molecule has 0 unspecified atom stereocenters. The SMILES string of the molecule is COc1cc(C(=O)Cc2cc(Br)cs2)ccc1F. The van der Waals surface area contributed by atoms with Crippen molar-refractivity contribution in [2.24, 2.45) is 0 Å². The van der Waals surface area contributed by atoms with Crippen molar-refractivity contribution in [1.82, 2.24) is 0 Å². The number of benzene rings is 1. The molecule has 0 aliphatic rings. The first-order valence-electron chi connectivity index (χ1n) is 5.20. The van der Waals surface area contributed by atoms with Crippen LogP contribution < -0.4 is 4.74 Å². The zero-order valence-corrected chi connectivity index (χ0v) is 12.0. The van der Waals surface area contributed by atoms with Gasteiger partial charge in [0, 0.05) is 26.7 Å². The quantitative estimate of drug-likeness (QED) is 0.790. The molecule has 2 rings (SSSR count). The van der Waals surface area contributed by atoms with E-state index in [0.29, 0.717) is 12.0 Å². The number of thiophene rings is 1. The van der Waals surface area contributed by atoms with Gasteiger partial charge in [-0.2, -0.15) is 0 Å². The molecular formula is C13H10BrFO2S. The van der Waals surface area contributed by atoms with Gasteiger partial charge in [0.15, 0.2) is 17.3 Å². The van der Waals surface area contributed by atoms with Crippen LogP contribution in [0.2, 0.25) is 0 Å². The molecular weight excluding hydrogens is 319 g/mol. The van der Waals surface area contributed by atoms with Crippen molar-refractivity contribution in [2.45, 2.75) is 6.42 Å². The Morgan fingerprint density at radius 3 is 2.83 bits per heavy atom. The van der Waals surface area contributed by atoms with Crippen LogP contribution in [0.25, 0.3) is 0 Å². The van der Waals surface area contributed by atoms with Gasteiger partial charge in [-0.1, -0.05) is 0 Å². The molecule has 0 N–H and O–H groups in total. The second-order valence-electron chi connectivity index (χ2n) is 3.68. The van der Waals surface area contributed by atoms with Crippen LogP contribution in [0.3, 0.4) is 0 Å². The minimum absolute atomic E-state index is 0.0531. The molecule has 0 spiro atoms. The van der Waals surface area contributed by atoms with Gasteiger partial charge < -0.3 is 4.74 Å². The van der Waals surface area contributed by atoms with E-state index in [9.17, 15) is 9.18 Å². The fourth-order valence-electron chi connectivity index (χ4n) is 1.54. The molecule has 0 saturated carbocycles. The van der Waals surface area contributed by atoms with Crippen molar-refractivity contribution in [3.8, 4) is 5.75 Å². The molecule has 2 aromatic rings. The first kappa shape index (κ1) is 13.2. The predicted molar refractivity (Wildman–Crippen MR) is 73.0 cm³/mol. The average molecular weight is 329 g/mol. The molecule has 94 valence electrons. The largest absolute Gasteiger partial charge is 0.494 e. The van der Waals surface area contributed by atoms with Crippen LogP contribution >= 0.6 is 27.3 Å². The number of hydrogen-bond donors (Lipinski definition) is 0. The van der Waals surface area contributed by atoms with Crippen LogP contribution in [0.5, 0.6) is 5.75 Å².